The number of hydrogen-bond acceptors (Lipinski definition) is 8. The van der Waals surface area contributed by atoms with Gasteiger partial charge < -0.3 is 14.5 Å². The van der Waals surface area contributed by atoms with Gasteiger partial charge in [0.15, 0.2) is 26.1 Å². The highest BCUT2D eigenvalue weighted by Gasteiger charge is 2.48. The van der Waals surface area contributed by atoms with Crippen LogP contribution in [0.4, 0.5) is 19.1 Å². The topological polar surface area (TPSA) is 118 Å². The van der Waals surface area contributed by atoms with Gasteiger partial charge in [0, 0.05) is 15.6 Å². The highest BCUT2D eigenvalue weighted by atomic mass is 35.5. The van der Waals surface area contributed by atoms with E-state index in [1.165, 1.54) is 4.68 Å². The lowest BCUT2D eigenvalue weighted by molar-refractivity contribution is -0.202. The fraction of sp³-hybridized carbons (Fsp3) is 0.433. The quantitative estimate of drug-likeness (QED) is 0.129. The molecule has 4 aromatic rings. The zero-order valence-electron chi connectivity index (χ0n) is 26.7. The minimum Gasteiger partial charge on any atom is -0.465 e. The maximum Gasteiger partial charge on any atom is 0.415 e. The predicted molar refractivity (Wildman–Crippen MR) is 176 cm³/mol. The molecule has 0 aliphatic rings. The summed E-state index contributed by atoms with van der Waals surface area (Å²) >= 11 is 12.3. The van der Waals surface area contributed by atoms with Gasteiger partial charge in [-0.15, -0.1) is 10.2 Å². The summed E-state index contributed by atoms with van der Waals surface area (Å²) in [5, 5.41) is 12.1. The number of nitrogens with zero attached hydrogens (tertiary/aromatic N) is 6. The summed E-state index contributed by atoms with van der Waals surface area (Å²) in [6.07, 6.45) is -7.05. The van der Waals surface area contributed by atoms with Crippen LogP contribution in [0.25, 0.3) is 17.1 Å². The summed E-state index contributed by atoms with van der Waals surface area (Å²) in [5.41, 5.74) is 0.0361. The van der Waals surface area contributed by atoms with Gasteiger partial charge in [0.2, 0.25) is 5.95 Å². The Morgan fingerprint density at radius 1 is 1.04 bits per heavy atom. The highest BCUT2D eigenvalue weighted by molar-refractivity contribution is 6.74. The van der Waals surface area contributed by atoms with Gasteiger partial charge >= 0.3 is 17.8 Å². The van der Waals surface area contributed by atoms with Crippen LogP contribution in [0.5, 0.6) is 0 Å². The van der Waals surface area contributed by atoms with E-state index in [0.29, 0.717) is 21.3 Å². The van der Waals surface area contributed by atoms with Crippen LogP contribution < -0.4 is 11.0 Å². The smallest absolute Gasteiger partial charge is 0.415 e. The largest absolute Gasteiger partial charge is 0.465 e. The van der Waals surface area contributed by atoms with E-state index in [1.54, 1.807) is 68.5 Å². The van der Waals surface area contributed by atoms with Crippen molar-refractivity contribution in [1.82, 2.24) is 29.1 Å². The van der Waals surface area contributed by atoms with Gasteiger partial charge in [-0.05, 0) is 67.5 Å². The van der Waals surface area contributed by atoms with Crippen molar-refractivity contribution in [3.05, 3.63) is 74.9 Å². The molecule has 0 amide bonds. The van der Waals surface area contributed by atoms with E-state index in [4.69, 9.17) is 32.4 Å². The van der Waals surface area contributed by atoms with Crippen molar-refractivity contribution in [2.24, 2.45) is 0 Å². The number of ether oxygens (including phenoxy) is 1. The van der Waals surface area contributed by atoms with Gasteiger partial charge in [0.25, 0.3) is 0 Å². The average molecular weight is 715 g/mol. The minimum absolute atomic E-state index is 0.0188. The second kappa shape index (κ2) is 14.2. The summed E-state index contributed by atoms with van der Waals surface area (Å²) < 4.78 is 57.5. The zero-order valence-corrected chi connectivity index (χ0v) is 29.2. The standard InChI is InChI=1S/C30H36Cl2F3N7O4Si/c1-7-45-25(43)16-36-27-37-24(38-42(27)22-10-8-9-21(32)15-22)18-41-28(44)40(26(39-41)19-11-13-20(31)14-12-19)17-23(30(33,34)35)46-47(5,6)29(2,3)4/h8-15,23H,7,16-18H2,1-6H3,(H,36,37,38)/t23-/m0/s1. The molecule has 0 radical (unpaired) electrons. The fourth-order valence-electron chi connectivity index (χ4n) is 4.25. The van der Waals surface area contributed by atoms with Crippen LogP contribution >= 0.6 is 23.2 Å². The Labute approximate surface area is 280 Å². The molecule has 0 aliphatic carbocycles. The van der Waals surface area contributed by atoms with Crippen LogP contribution in [-0.2, 0) is 27.0 Å². The van der Waals surface area contributed by atoms with Gasteiger partial charge in [0.05, 0.1) is 18.8 Å². The van der Waals surface area contributed by atoms with Crippen LogP contribution in [0.15, 0.2) is 53.3 Å². The molecule has 1 N–H and O–H groups in total. The molecule has 4 rings (SSSR count). The number of rotatable bonds is 12. The van der Waals surface area contributed by atoms with Crippen molar-refractivity contribution in [3.63, 3.8) is 0 Å². The summed E-state index contributed by atoms with van der Waals surface area (Å²) in [6.45, 7) is 9.43. The molecule has 17 heteroatoms. The Kier molecular flexibility index (Phi) is 10.9. The summed E-state index contributed by atoms with van der Waals surface area (Å²) in [5.74, 6) is -0.331. The van der Waals surface area contributed by atoms with Crippen molar-refractivity contribution in [2.75, 3.05) is 18.5 Å². The highest BCUT2D eigenvalue weighted by Crippen LogP contribution is 2.40. The second-order valence-electron chi connectivity index (χ2n) is 12.2. The van der Waals surface area contributed by atoms with Crippen LogP contribution in [0.1, 0.15) is 33.5 Å². The van der Waals surface area contributed by atoms with E-state index in [9.17, 15) is 22.8 Å². The Hall–Kier alpha value is -3.66. The number of aromatic nitrogens is 6. The Bertz CT molecular complexity index is 1770. The van der Waals surface area contributed by atoms with Gasteiger partial charge in [-0.1, -0.05) is 50.0 Å². The van der Waals surface area contributed by atoms with Crippen LogP contribution in [-0.4, -0.2) is 68.8 Å². The molecule has 0 bridgehead atoms. The number of benzene rings is 2. The van der Waals surface area contributed by atoms with Gasteiger partial charge in [-0.25, -0.2) is 9.48 Å². The van der Waals surface area contributed by atoms with E-state index in [2.05, 4.69) is 20.5 Å². The van der Waals surface area contributed by atoms with E-state index in [-0.39, 0.29) is 37.3 Å². The molecule has 0 spiro atoms. The average Bonchev–Trinajstić information content (AvgIpc) is 3.51. The van der Waals surface area contributed by atoms with Crippen molar-refractivity contribution >= 4 is 43.4 Å². The summed E-state index contributed by atoms with van der Waals surface area (Å²) in [6, 6.07) is 12.9. The first kappa shape index (κ1) is 36.2. The summed E-state index contributed by atoms with van der Waals surface area (Å²) in [7, 11) is -2.92. The first-order chi connectivity index (χ1) is 21.9. The molecule has 0 unspecified atom stereocenters. The molecule has 0 saturated carbocycles. The zero-order chi connectivity index (χ0) is 34.7. The lowest BCUT2D eigenvalue weighted by Gasteiger charge is -2.39. The van der Waals surface area contributed by atoms with Crippen LogP contribution in [0.2, 0.25) is 28.2 Å². The molecule has 2 aromatic carbocycles. The van der Waals surface area contributed by atoms with Gasteiger partial charge in [0.1, 0.15) is 13.1 Å². The summed E-state index contributed by atoms with van der Waals surface area (Å²) in [4.78, 5) is 30.3. The lowest BCUT2D eigenvalue weighted by Crippen LogP contribution is -2.50. The number of anilines is 1. The third-order valence-electron chi connectivity index (χ3n) is 7.67. The maximum atomic E-state index is 14.5. The minimum atomic E-state index is -4.77. The molecule has 1 atom stereocenters. The third kappa shape index (κ3) is 8.83. The Morgan fingerprint density at radius 3 is 2.32 bits per heavy atom. The second-order valence-corrected chi connectivity index (χ2v) is 17.8. The van der Waals surface area contributed by atoms with Crippen molar-refractivity contribution in [1.29, 1.82) is 0 Å². The number of hydrogen-bond donors (Lipinski definition) is 1. The normalized spacial score (nSPS) is 13.1. The SMILES string of the molecule is CCOC(=O)CNc1nc(Cn2nc(-c3ccc(Cl)cc3)n(C[C@H](O[Si](C)(C)C(C)(C)C)C(F)(F)F)c2=O)nn1-c1cccc(Cl)c1. The number of esters is 1. The van der Waals surface area contributed by atoms with Crippen molar-refractivity contribution < 1.29 is 27.1 Å². The molecule has 47 heavy (non-hydrogen) atoms. The molecule has 0 fully saturated rings. The number of halogens is 5. The molecule has 0 saturated heterocycles. The number of carbonyl (C=O) groups excluding carboxylic acids is 1. The maximum absolute atomic E-state index is 14.5. The van der Waals surface area contributed by atoms with Gasteiger partial charge in [-0.2, -0.15) is 22.8 Å². The monoisotopic (exact) mass is 713 g/mol. The molecule has 2 heterocycles. The first-order valence-corrected chi connectivity index (χ1v) is 18.4. The molecule has 254 valence electrons. The van der Waals surface area contributed by atoms with Crippen LogP contribution in [0.3, 0.4) is 0 Å². The van der Waals surface area contributed by atoms with Gasteiger partial charge in [-0.3, -0.25) is 9.36 Å². The van der Waals surface area contributed by atoms with Crippen molar-refractivity contribution in [2.45, 2.75) is 71.2 Å². The van der Waals surface area contributed by atoms with E-state index in [1.807, 2.05) is 20.8 Å². The number of alkyl halides is 3. The fourth-order valence-corrected chi connectivity index (χ4v) is 5.83. The molecular formula is C30H36Cl2F3N7O4Si. The first-order valence-electron chi connectivity index (χ1n) is 14.7. The van der Waals surface area contributed by atoms with Crippen molar-refractivity contribution in [3.8, 4) is 17.1 Å². The van der Waals surface area contributed by atoms with Crippen LogP contribution in [0, 0.1) is 0 Å². The van der Waals surface area contributed by atoms with E-state index < -0.39 is 43.8 Å². The molecule has 0 aliphatic heterocycles. The lowest BCUT2D eigenvalue weighted by atomic mass is 10.2. The molecular weight excluding hydrogens is 678 g/mol. The Balaban J connectivity index is 1.78. The predicted octanol–water partition coefficient (Wildman–Crippen LogP) is 6.58. The third-order valence-corrected chi connectivity index (χ3v) is 12.6. The number of carbonyl (C=O) groups is 1. The molecule has 11 nitrogen and oxygen atoms in total. The Morgan fingerprint density at radius 2 is 1.72 bits per heavy atom. The van der Waals surface area contributed by atoms with E-state index in [0.717, 1.165) is 9.25 Å². The molecule has 2 aromatic heterocycles. The number of nitrogens with one attached hydrogen (secondary N) is 1. The van der Waals surface area contributed by atoms with E-state index >= 15 is 0 Å².